The van der Waals surface area contributed by atoms with E-state index in [1.54, 1.807) is 24.3 Å². The van der Waals surface area contributed by atoms with Crippen molar-refractivity contribution in [3.8, 4) is 21.0 Å². The molecule has 0 unspecified atom stereocenters. The van der Waals surface area contributed by atoms with Crippen LogP contribution in [0.3, 0.4) is 0 Å². The van der Waals surface area contributed by atoms with E-state index in [-0.39, 0.29) is 5.69 Å². The molecule has 0 saturated carbocycles. The minimum atomic E-state index is -4.39. The van der Waals surface area contributed by atoms with E-state index >= 15 is 0 Å². The van der Waals surface area contributed by atoms with Gasteiger partial charge in [0.2, 0.25) is 0 Å². The van der Waals surface area contributed by atoms with Gasteiger partial charge in [0.15, 0.2) is 6.29 Å². The van der Waals surface area contributed by atoms with Crippen LogP contribution in [0.1, 0.15) is 16.1 Å². The van der Waals surface area contributed by atoms with Crippen LogP contribution in [0.25, 0.3) is 21.0 Å². The van der Waals surface area contributed by atoms with Crippen molar-refractivity contribution < 1.29 is 18.0 Å². The number of carbonyl (C=O) groups is 1. The second kappa shape index (κ2) is 6.37. The Bertz CT molecular complexity index is 870. The fraction of sp³-hybridized carbons (Fsp3) is 0.0588. The number of aldehydes is 1. The average molecular weight is 368 g/mol. The van der Waals surface area contributed by atoms with Gasteiger partial charge in [-0.2, -0.15) is 13.2 Å². The Kier molecular flexibility index (Phi) is 4.43. The summed E-state index contributed by atoms with van der Waals surface area (Å²) >= 11 is 7.09. The van der Waals surface area contributed by atoms with E-state index in [4.69, 9.17) is 11.6 Å². The maximum absolute atomic E-state index is 12.6. The number of aromatic nitrogens is 1. The third kappa shape index (κ3) is 3.34. The Balaban J connectivity index is 2.02. The summed E-state index contributed by atoms with van der Waals surface area (Å²) in [5, 5.41) is 1.18. The third-order valence-electron chi connectivity index (χ3n) is 3.33. The van der Waals surface area contributed by atoms with E-state index in [0.29, 0.717) is 26.8 Å². The van der Waals surface area contributed by atoms with Crippen molar-refractivity contribution in [2.45, 2.75) is 6.18 Å². The molecule has 3 rings (SSSR count). The first kappa shape index (κ1) is 16.7. The van der Waals surface area contributed by atoms with Crippen LogP contribution in [-0.4, -0.2) is 11.3 Å². The molecule has 0 N–H and O–H groups in total. The molecule has 0 saturated heterocycles. The topological polar surface area (TPSA) is 30.0 Å². The highest BCUT2D eigenvalue weighted by Gasteiger charge is 2.30. The van der Waals surface area contributed by atoms with Gasteiger partial charge in [0.25, 0.3) is 0 Å². The highest BCUT2D eigenvalue weighted by atomic mass is 35.5. The highest BCUT2D eigenvalue weighted by Crippen LogP contribution is 2.37. The van der Waals surface area contributed by atoms with Gasteiger partial charge < -0.3 is 0 Å². The zero-order valence-electron chi connectivity index (χ0n) is 12.0. The number of benzene rings is 2. The lowest BCUT2D eigenvalue weighted by Gasteiger charge is -2.06. The normalized spacial score (nSPS) is 11.5. The molecule has 0 atom stereocenters. The molecule has 1 aromatic heterocycles. The van der Waals surface area contributed by atoms with Crippen LogP contribution in [0.15, 0.2) is 48.5 Å². The molecule has 7 heteroatoms. The number of rotatable bonds is 3. The highest BCUT2D eigenvalue weighted by molar-refractivity contribution is 7.18. The summed E-state index contributed by atoms with van der Waals surface area (Å²) in [4.78, 5) is 16.1. The van der Waals surface area contributed by atoms with Gasteiger partial charge in [-0.3, -0.25) is 4.79 Å². The maximum Gasteiger partial charge on any atom is 0.416 e. The van der Waals surface area contributed by atoms with E-state index in [2.05, 4.69) is 4.98 Å². The SMILES string of the molecule is O=Cc1nc(-c2ccc(Cl)cc2)sc1-c1ccc(C(F)(F)F)cc1. The summed E-state index contributed by atoms with van der Waals surface area (Å²) in [5.74, 6) is 0. The molecule has 0 spiro atoms. The summed E-state index contributed by atoms with van der Waals surface area (Å²) in [6.07, 6.45) is -3.79. The molecule has 2 nitrogen and oxygen atoms in total. The molecule has 1 heterocycles. The summed E-state index contributed by atoms with van der Waals surface area (Å²) in [5.41, 5.74) is 0.763. The number of hydrogen-bond acceptors (Lipinski definition) is 3. The standard InChI is InChI=1S/C17H9ClF3NOS/c18-13-7-3-11(4-8-13)16-22-14(9-23)15(24-16)10-1-5-12(6-2-10)17(19,20)21/h1-9H. The second-order valence-electron chi connectivity index (χ2n) is 4.93. The number of carbonyl (C=O) groups excluding carboxylic acids is 1. The van der Waals surface area contributed by atoms with E-state index in [1.807, 2.05) is 0 Å². The number of alkyl halides is 3. The quantitative estimate of drug-likeness (QED) is 0.534. The first-order chi connectivity index (χ1) is 11.4. The van der Waals surface area contributed by atoms with Crippen LogP contribution >= 0.6 is 22.9 Å². The van der Waals surface area contributed by atoms with Gasteiger partial charge in [0.05, 0.1) is 10.4 Å². The molecule has 0 amide bonds. The first-order valence-electron chi connectivity index (χ1n) is 6.78. The Labute approximate surface area is 144 Å². The zero-order chi connectivity index (χ0) is 17.3. The van der Waals surface area contributed by atoms with Crippen molar-refractivity contribution in [2.24, 2.45) is 0 Å². The smallest absolute Gasteiger partial charge is 0.296 e. The number of nitrogens with zero attached hydrogens (tertiary/aromatic N) is 1. The van der Waals surface area contributed by atoms with Crippen molar-refractivity contribution in [1.29, 1.82) is 0 Å². The molecule has 0 aliphatic rings. The molecule has 122 valence electrons. The lowest BCUT2D eigenvalue weighted by Crippen LogP contribution is -2.03. The van der Waals surface area contributed by atoms with E-state index in [9.17, 15) is 18.0 Å². The lowest BCUT2D eigenvalue weighted by molar-refractivity contribution is -0.137. The largest absolute Gasteiger partial charge is 0.416 e. The molecule has 3 aromatic rings. The van der Waals surface area contributed by atoms with Crippen molar-refractivity contribution in [3.63, 3.8) is 0 Å². The third-order valence-corrected chi connectivity index (χ3v) is 4.75. The van der Waals surface area contributed by atoms with Gasteiger partial charge in [0, 0.05) is 10.6 Å². The van der Waals surface area contributed by atoms with Gasteiger partial charge in [0.1, 0.15) is 10.7 Å². The van der Waals surface area contributed by atoms with Gasteiger partial charge in [-0.25, -0.2) is 4.98 Å². The fourth-order valence-electron chi connectivity index (χ4n) is 2.15. The maximum atomic E-state index is 12.6. The minimum absolute atomic E-state index is 0.199. The molecule has 0 aliphatic heterocycles. The van der Waals surface area contributed by atoms with Crippen LogP contribution in [0, 0.1) is 0 Å². The second-order valence-corrected chi connectivity index (χ2v) is 6.37. The molecule has 0 aliphatic carbocycles. The predicted octanol–water partition coefficient (Wildman–Crippen LogP) is 5.96. The monoisotopic (exact) mass is 367 g/mol. The Morgan fingerprint density at radius 1 is 0.958 bits per heavy atom. The van der Waals surface area contributed by atoms with Crippen LogP contribution in [0.5, 0.6) is 0 Å². The minimum Gasteiger partial charge on any atom is -0.296 e. The first-order valence-corrected chi connectivity index (χ1v) is 7.97. The summed E-state index contributed by atoms with van der Waals surface area (Å²) in [6.45, 7) is 0. The van der Waals surface area contributed by atoms with Crippen molar-refractivity contribution in [3.05, 3.63) is 64.8 Å². The summed E-state index contributed by atoms with van der Waals surface area (Å²) in [7, 11) is 0. The van der Waals surface area contributed by atoms with E-state index in [1.165, 1.54) is 23.5 Å². The summed E-state index contributed by atoms with van der Waals surface area (Å²) in [6, 6.07) is 11.6. The lowest BCUT2D eigenvalue weighted by atomic mass is 10.1. The molecular weight excluding hydrogens is 359 g/mol. The van der Waals surface area contributed by atoms with Crippen LogP contribution in [0.4, 0.5) is 13.2 Å². The van der Waals surface area contributed by atoms with E-state index in [0.717, 1.165) is 17.7 Å². The Morgan fingerprint density at radius 3 is 2.08 bits per heavy atom. The van der Waals surface area contributed by atoms with Gasteiger partial charge in [-0.15, -0.1) is 11.3 Å². The van der Waals surface area contributed by atoms with Crippen LogP contribution in [-0.2, 0) is 6.18 Å². The Hall–Kier alpha value is -2.18. The molecule has 2 aromatic carbocycles. The van der Waals surface area contributed by atoms with Gasteiger partial charge in [-0.1, -0.05) is 35.9 Å². The molecule has 24 heavy (non-hydrogen) atoms. The zero-order valence-corrected chi connectivity index (χ0v) is 13.5. The van der Waals surface area contributed by atoms with Gasteiger partial charge >= 0.3 is 6.18 Å². The van der Waals surface area contributed by atoms with Gasteiger partial charge in [-0.05, 0) is 29.8 Å². The van der Waals surface area contributed by atoms with Crippen LogP contribution in [0.2, 0.25) is 5.02 Å². The van der Waals surface area contributed by atoms with Crippen LogP contribution < -0.4 is 0 Å². The van der Waals surface area contributed by atoms with E-state index < -0.39 is 11.7 Å². The molecule has 0 fully saturated rings. The number of hydrogen-bond donors (Lipinski definition) is 0. The molecular formula is C17H9ClF3NOS. The predicted molar refractivity (Wildman–Crippen MR) is 88.4 cm³/mol. The molecule has 0 radical (unpaired) electrons. The van der Waals surface area contributed by atoms with Crippen molar-refractivity contribution >= 4 is 29.2 Å². The van der Waals surface area contributed by atoms with Crippen molar-refractivity contribution in [1.82, 2.24) is 4.98 Å². The fourth-order valence-corrected chi connectivity index (χ4v) is 3.31. The average Bonchev–Trinajstić information content (AvgIpc) is 2.99. The van der Waals surface area contributed by atoms with Crippen molar-refractivity contribution in [2.75, 3.05) is 0 Å². The number of thiazole rings is 1. The number of halogens is 4. The summed E-state index contributed by atoms with van der Waals surface area (Å²) < 4.78 is 37.9. The molecule has 0 bridgehead atoms. The Morgan fingerprint density at radius 2 is 1.54 bits per heavy atom.